The van der Waals surface area contributed by atoms with Crippen LogP contribution in [0.1, 0.15) is 194 Å². The Kier molecular flexibility index (Phi) is 37.9. The SMILES string of the molecule is CCCCCCC/C=C\C/C=C\CCCCCCCCCCCCCC(=O)NC(COP(=O)([O-])OCC[N+](C)(C)C)C(O)/C=C/CC/C=C/CCCCCCC. The van der Waals surface area contributed by atoms with Crippen molar-refractivity contribution in [3.05, 3.63) is 48.6 Å². The van der Waals surface area contributed by atoms with Crippen LogP contribution < -0.4 is 10.2 Å². The lowest BCUT2D eigenvalue weighted by Gasteiger charge is -2.29. The molecule has 56 heavy (non-hydrogen) atoms. The van der Waals surface area contributed by atoms with Crippen LogP contribution in [0.15, 0.2) is 48.6 Å². The van der Waals surface area contributed by atoms with E-state index in [1.54, 1.807) is 6.08 Å². The number of aliphatic hydroxyl groups is 1. The number of rotatable bonds is 41. The summed E-state index contributed by atoms with van der Waals surface area (Å²) in [5, 5.41) is 13.7. The minimum Gasteiger partial charge on any atom is -0.756 e. The number of aliphatic hydroxyl groups excluding tert-OH is 1. The molecule has 0 saturated heterocycles. The van der Waals surface area contributed by atoms with Gasteiger partial charge in [0.2, 0.25) is 5.91 Å². The van der Waals surface area contributed by atoms with Crippen LogP contribution in [0, 0.1) is 0 Å². The van der Waals surface area contributed by atoms with E-state index in [9.17, 15) is 19.4 Å². The van der Waals surface area contributed by atoms with Gasteiger partial charge in [0.15, 0.2) is 0 Å². The van der Waals surface area contributed by atoms with Crippen molar-refractivity contribution >= 4 is 13.7 Å². The molecule has 0 bridgehead atoms. The molecule has 0 radical (unpaired) electrons. The number of carbonyl (C=O) groups excluding carboxylic acids is 1. The summed E-state index contributed by atoms with van der Waals surface area (Å²) in [6.07, 6.45) is 48.8. The van der Waals surface area contributed by atoms with E-state index in [2.05, 4.69) is 55.6 Å². The molecular weight excluding hydrogens is 719 g/mol. The van der Waals surface area contributed by atoms with Crippen LogP contribution in [0.3, 0.4) is 0 Å². The van der Waals surface area contributed by atoms with Crippen LogP contribution in [0.25, 0.3) is 0 Å². The lowest BCUT2D eigenvalue weighted by atomic mass is 10.0. The van der Waals surface area contributed by atoms with Gasteiger partial charge in [0.25, 0.3) is 7.82 Å². The Bertz CT molecular complexity index is 1050. The highest BCUT2D eigenvalue weighted by molar-refractivity contribution is 7.45. The highest BCUT2D eigenvalue weighted by Gasteiger charge is 2.23. The van der Waals surface area contributed by atoms with Crippen molar-refractivity contribution in [3.63, 3.8) is 0 Å². The van der Waals surface area contributed by atoms with Crippen molar-refractivity contribution in [1.29, 1.82) is 0 Å². The van der Waals surface area contributed by atoms with Gasteiger partial charge < -0.3 is 28.8 Å². The molecule has 1 amide bonds. The second kappa shape index (κ2) is 38.9. The first-order valence-electron chi connectivity index (χ1n) is 23.0. The molecule has 0 heterocycles. The maximum atomic E-state index is 12.8. The van der Waals surface area contributed by atoms with Crippen LogP contribution in [0.2, 0.25) is 0 Å². The van der Waals surface area contributed by atoms with Crippen molar-refractivity contribution in [3.8, 4) is 0 Å². The van der Waals surface area contributed by atoms with Crippen molar-refractivity contribution < 1.29 is 32.9 Å². The van der Waals surface area contributed by atoms with E-state index in [1.807, 2.05) is 27.2 Å². The summed E-state index contributed by atoms with van der Waals surface area (Å²) < 4.78 is 23.1. The Morgan fingerprint density at radius 3 is 1.55 bits per heavy atom. The van der Waals surface area contributed by atoms with E-state index in [-0.39, 0.29) is 12.5 Å². The average molecular weight is 809 g/mol. The molecule has 3 unspecified atom stereocenters. The van der Waals surface area contributed by atoms with Crippen LogP contribution in [0.5, 0.6) is 0 Å². The molecule has 0 fully saturated rings. The summed E-state index contributed by atoms with van der Waals surface area (Å²) in [4.78, 5) is 25.3. The van der Waals surface area contributed by atoms with Gasteiger partial charge in [-0.1, -0.05) is 172 Å². The summed E-state index contributed by atoms with van der Waals surface area (Å²) in [5.74, 6) is -0.213. The zero-order valence-corrected chi connectivity index (χ0v) is 38.0. The predicted molar refractivity (Wildman–Crippen MR) is 238 cm³/mol. The van der Waals surface area contributed by atoms with Crippen LogP contribution in [-0.2, 0) is 18.4 Å². The first kappa shape index (κ1) is 54.5. The van der Waals surface area contributed by atoms with Gasteiger partial charge in [0.1, 0.15) is 13.2 Å². The number of phosphoric acid groups is 1. The summed E-state index contributed by atoms with van der Waals surface area (Å²) in [6.45, 7) is 4.58. The molecule has 0 aromatic heterocycles. The highest BCUT2D eigenvalue weighted by atomic mass is 31.2. The molecule has 0 spiro atoms. The quantitative estimate of drug-likeness (QED) is 0.0276. The molecule has 0 aliphatic carbocycles. The molecule has 3 atom stereocenters. The number of hydrogen-bond acceptors (Lipinski definition) is 6. The molecule has 0 rings (SSSR count). The number of nitrogens with zero attached hydrogens (tertiary/aromatic N) is 1. The van der Waals surface area contributed by atoms with E-state index in [1.165, 1.54) is 128 Å². The number of nitrogens with one attached hydrogen (secondary N) is 1. The Morgan fingerprint density at radius 1 is 0.625 bits per heavy atom. The smallest absolute Gasteiger partial charge is 0.268 e. The largest absolute Gasteiger partial charge is 0.756 e. The average Bonchev–Trinajstić information content (AvgIpc) is 3.15. The first-order chi connectivity index (χ1) is 27.0. The van der Waals surface area contributed by atoms with Gasteiger partial charge in [-0.3, -0.25) is 9.36 Å². The molecule has 0 aliphatic heterocycles. The Morgan fingerprint density at radius 2 is 1.05 bits per heavy atom. The van der Waals surface area contributed by atoms with E-state index >= 15 is 0 Å². The van der Waals surface area contributed by atoms with Crippen LogP contribution in [0.4, 0.5) is 0 Å². The molecule has 328 valence electrons. The molecule has 9 heteroatoms. The van der Waals surface area contributed by atoms with E-state index in [0.717, 1.165) is 44.9 Å². The van der Waals surface area contributed by atoms with Crippen molar-refractivity contribution in [2.75, 3.05) is 40.9 Å². The third kappa shape index (κ3) is 40.6. The minimum absolute atomic E-state index is 0.00793. The monoisotopic (exact) mass is 809 g/mol. The Hall–Kier alpha value is -1.54. The fraction of sp³-hybridized carbons (Fsp3) is 0.809. The van der Waals surface area contributed by atoms with E-state index < -0.39 is 26.6 Å². The van der Waals surface area contributed by atoms with Crippen molar-refractivity contribution in [2.45, 2.75) is 206 Å². The standard InChI is InChI=1S/C47H89N2O6P/c1-6-8-10-12-14-16-18-19-20-21-22-23-24-25-26-27-28-29-31-33-35-37-39-41-47(51)48-45(44-55-56(52,53)54-43-42-49(3,4)5)46(50)40-38-36-34-32-30-17-15-13-11-9-7-2/h18-19,21-22,30,32,38,40,45-46,50H,6-17,20,23-29,31,33-37,39,41-44H2,1-5H3,(H-,48,51,52,53)/b19-18-,22-21-,32-30+,40-38+. The summed E-state index contributed by atoms with van der Waals surface area (Å²) in [6, 6.07) is -0.903. The first-order valence-corrected chi connectivity index (χ1v) is 24.5. The topological polar surface area (TPSA) is 108 Å². The van der Waals surface area contributed by atoms with Gasteiger partial charge in [-0.05, 0) is 64.2 Å². The van der Waals surface area contributed by atoms with Crippen LogP contribution >= 0.6 is 7.82 Å². The molecular formula is C47H89N2O6P. The molecule has 0 aromatic rings. The number of unbranched alkanes of at least 4 members (excludes halogenated alkanes) is 22. The van der Waals surface area contributed by atoms with Gasteiger partial charge in [-0.15, -0.1) is 0 Å². The van der Waals surface area contributed by atoms with Crippen LogP contribution in [-0.4, -0.2) is 68.5 Å². The lowest BCUT2D eigenvalue weighted by molar-refractivity contribution is -0.870. The number of amides is 1. The second-order valence-electron chi connectivity index (χ2n) is 16.7. The van der Waals surface area contributed by atoms with E-state index in [4.69, 9.17) is 9.05 Å². The number of hydrogen-bond donors (Lipinski definition) is 2. The molecule has 0 aromatic carbocycles. The second-order valence-corrected chi connectivity index (χ2v) is 18.2. The number of quaternary nitrogens is 1. The Labute approximate surface area is 346 Å². The highest BCUT2D eigenvalue weighted by Crippen LogP contribution is 2.38. The van der Waals surface area contributed by atoms with Gasteiger partial charge in [0.05, 0.1) is 39.9 Å². The number of likely N-dealkylation sites (N-methyl/N-ethyl adjacent to an activating group) is 1. The van der Waals surface area contributed by atoms with Gasteiger partial charge in [0, 0.05) is 6.42 Å². The molecule has 0 aliphatic rings. The maximum Gasteiger partial charge on any atom is 0.268 e. The summed E-state index contributed by atoms with van der Waals surface area (Å²) >= 11 is 0. The summed E-state index contributed by atoms with van der Waals surface area (Å²) in [5.41, 5.74) is 0. The lowest BCUT2D eigenvalue weighted by Crippen LogP contribution is -2.45. The summed E-state index contributed by atoms with van der Waals surface area (Å²) in [7, 11) is 1.24. The third-order valence-corrected chi connectivity index (χ3v) is 11.0. The fourth-order valence-electron chi connectivity index (χ4n) is 6.31. The predicted octanol–water partition coefficient (Wildman–Crippen LogP) is 12.2. The van der Waals surface area contributed by atoms with Gasteiger partial charge in [-0.2, -0.15) is 0 Å². The van der Waals surface area contributed by atoms with Gasteiger partial charge in [-0.25, -0.2) is 0 Å². The molecule has 0 saturated carbocycles. The normalized spacial score (nSPS) is 14.8. The molecule has 8 nitrogen and oxygen atoms in total. The number of phosphoric ester groups is 1. The minimum atomic E-state index is -4.59. The third-order valence-electron chi connectivity index (χ3n) is 10.0. The van der Waals surface area contributed by atoms with Gasteiger partial charge >= 0.3 is 0 Å². The van der Waals surface area contributed by atoms with E-state index in [0.29, 0.717) is 17.4 Å². The molecule has 2 N–H and O–H groups in total. The fourth-order valence-corrected chi connectivity index (χ4v) is 7.04. The maximum absolute atomic E-state index is 12.8. The Balaban J connectivity index is 4.29. The number of carbonyl (C=O) groups is 1. The number of allylic oxidation sites excluding steroid dienone is 7. The zero-order valence-electron chi connectivity index (χ0n) is 37.1. The van der Waals surface area contributed by atoms with Crippen molar-refractivity contribution in [1.82, 2.24) is 5.32 Å². The van der Waals surface area contributed by atoms with Crippen molar-refractivity contribution in [2.24, 2.45) is 0 Å². The zero-order chi connectivity index (χ0) is 41.4.